The minimum absolute atomic E-state index is 0.296. The normalized spacial score (nSPS) is 19.6. The Labute approximate surface area is 74.4 Å². The second-order valence-corrected chi connectivity index (χ2v) is 3.83. The Balaban J connectivity index is 2.17. The van der Waals surface area contributed by atoms with Crippen molar-refractivity contribution in [2.45, 2.75) is 32.2 Å². The smallest absolute Gasteiger partial charge is 0.0918 e. The van der Waals surface area contributed by atoms with E-state index in [-0.39, 0.29) is 0 Å². The number of amidine groups is 1. The molecule has 0 bridgehead atoms. The van der Waals surface area contributed by atoms with Gasteiger partial charge in [-0.2, -0.15) is 0 Å². The molecule has 0 radical (unpaired) electrons. The van der Waals surface area contributed by atoms with E-state index < -0.39 is 0 Å². The molecule has 0 heterocycles. The molecule has 3 N–H and O–H groups in total. The van der Waals surface area contributed by atoms with E-state index in [1.54, 1.807) is 0 Å². The molecular formula is C9H19N3. The third kappa shape index (κ3) is 2.81. The lowest BCUT2D eigenvalue weighted by Crippen LogP contribution is -2.33. The topological polar surface area (TPSA) is 53.1 Å². The Morgan fingerprint density at radius 1 is 1.67 bits per heavy atom. The fraction of sp³-hybridized carbons (Fsp3) is 0.889. The minimum atomic E-state index is 0.296. The van der Waals surface area contributed by atoms with Crippen molar-refractivity contribution in [3.8, 4) is 0 Å². The van der Waals surface area contributed by atoms with Crippen LogP contribution in [0, 0.1) is 11.3 Å². The molecule has 1 fully saturated rings. The standard InChI is InChI=1S/C9H19N3/c1-7(8-3-4-8)12(2)6-5-9(10)11/h7-8H,3-6H2,1-2H3,(H3,10,11). The van der Waals surface area contributed by atoms with E-state index in [0.29, 0.717) is 18.3 Å². The van der Waals surface area contributed by atoms with Crippen LogP contribution in [-0.2, 0) is 0 Å². The zero-order chi connectivity index (χ0) is 9.14. The van der Waals surface area contributed by atoms with Gasteiger partial charge in [0.1, 0.15) is 0 Å². The lowest BCUT2D eigenvalue weighted by atomic mass is 10.2. The van der Waals surface area contributed by atoms with Gasteiger partial charge in [-0.25, -0.2) is 0 Å². The predicted octanol–water partition coefficient (Wildman–Crippen LogP) is 1.04. The lowest BCUT2D eigenvalue weighted by Gasteiger charge is -2.24. The molecule has 1 rings (SSSR count). The molecule has 0 aromatic carbocycles. The molecular weight excluding hydrogens is 150 g/mol. The van der Waals surface area contributed by atoms with Crippen LogP contribution >= 0.6 is 0 Å². The first-order valence-electron chi connectivity index (χ1n) is 4.64. The molecule has 0 saturated heterocycles. The molecule has 1 atom stereocenters. The highest BCUT2D eigenvalue weighted by Gasteiger charge is 2.29. The molecule has 3 heteroatoms. The summed E-state index contributed by atoms with van der Waals surface area (Å²) in [7, 11) is 2.12. The number of rotatable bonds is 5. The zero-order valence-electron chi connectivity index (χ0n) is 8.01. The fourth-order valence-electron chi connectivity index (χ4n) is 1.44. The summed E-state index contributed by atoms with van der Waals surface area (Å²) in [6.07, 6.45) is 3.46. The van der Waals surface area contributed by atoms with E-state index in [9.17, 15) is 0 Å². The third-order valence-electron chi connectivity index (χ3n) is 2.73. The van der Waals surface area contributed by atoms with Crippen LogP contribution in [0.2, 0.25) is 0 Å². The van der Waals surface area contributed by atoms with Gasteiger partial charge in [0, 0.05) is 19.0 Å². The highest BCUT2D eigenvalue weighted by Crippen LogP contribution is 2.34. The van der Waals surface area contributed by atoms with Gasteiger partial charge in [-0.3, -0.25) is 5.41 Å². The molecule has 0 aromatic heterocycles. The second kappa shape index (κ2) is 3.90. The molecule has 0 aromatic rings. The maximum absolute atomic E-state index is 7.10. The molecule has 12 heavy (non-hydrogen) atoms. The monoisotopic (exact) mass is 169 g/mol. The molecule has 70 valence electrons. The van der Waals surface area contributed by atoms with Crippen molar-refractivity contribution in [1.82, 2.24) is 4.90 Å². The summed E-state index contributed by atoms with van der Waals surface area (Å²) >= 11 is 0. The molecule has 1 unspecified atom stereocenters. The summed E-state index contributed by atoms with van der Waals surface area (Å²) in [4.78, 5) is 2.30. The first kappa shape index (κ1) is 9.52. The average molecular weight is 169 g/mol. The van der Waals surface area contributed by atoms with Crippen molar-refractivity contribution in [3.05, 3.63) is 0 Å². The summed E-state index contributed by atoms with van der Waals surface area (Å²) in [6.45, 7) is 3.19. The SMILES string of the molecule is CC(C1CC1)N(C)CCC(=N)N. The van der Waals surface area contributed by atoms with Gasteiger partial charge in [-0.15, -0.1) is 0 Å². The molecule has 1 saturated carbocycles. The first-order chi connectivity index (χ1) is 5.61. The van der Waals surface area contributed by atoms with E-state index in [2.05, 4.69) is 18.9 Å². The van der Waals surface area contributed by atoms with Gasteiger partial charge < -0.3 is 10.6 Å². The maximum Gasteiger partial charge on any atom is 0.0918 e. The van der Waals surface area contributed by atoms with Gasteiger partial charge in [0.05, 0.1) is 5.84 Å². The molecule has 0 spiro atoms. The largest absolute Gasteiger partial charge is 0.388 e. The van der Waals surface area contributed by atoms with E-state index in [4.69, 9.17) is 11.1 Å². The summed E-state index contributed by atoms with van der Waals surface area (Å²) in [5.74, 6) is 1.20. The van der Waals surface area contributed by atoms with E-state index in [0.717, 1.165) is 12.5 Å². The lowest BCUT2D eigenvalue weighted by molar-refractivity contribution is 0.241. The van der Waals surface area contributed by atoms with Gasteiger partial charge in [-0.05, 0) is 32.7 Å². The third-order valence-corrected chi connectivity index (χ3v) is 2.73. The van der Waals surface area contributed by atoms with E-state index in [1.165, 1.54) is 12.8 Å². The van der Waals surface area contributed by atoms with Crippen LogP contribution in [-0.4, -0.2) is 30.4 Å². The molecule has 0 aliphatic heterocycles. The predicted molar refractivity (Wildman–Crippen MR) is 51.3 cm³/mol. The Morgan fingerprint density at radius 3 is 2.67 bits per heavy atom. The van der Waals surface area contributed by atoms with Crippen molar-refractivity contribution < 1.29 is 0 Å². The van der Waals surface area contributed by atoms with Gasteiger partial charge in [0.2, 0.25) is 0 Å². The maximum atomic E-state index is 7.10. The van der Waals surface area contributed by atoms with Crippen LogP contribution < -0.4 is 5.73 Å². The quantitative estimate of drug-likeness (QED) is 0.477. The average Bonchev–Trinajstić information content (AvgIpc) is 2.80. The highest BCUT2D eigenvalue weighted by molar-refractivity contribution is 5.76. The molecule has 0 amide bonds. The zero-order valence-corrected chi connectivity index (χ0v) is 8.01. The first-order valence-corrected chi connectivity index (χ1v) is 4.64. The Bertz CT molecular complexity index is 163. The van der Waals surface area contributed by atoms with Crippen molar-refractivity contribution in [3.63, 3.8) is 0 Å². The van der Waals surface area contributed by atoms with E-state index >= 15 is 0 Å². The van der Waals surface area contributed by atoms with Crippen LogP contribution in [0.5, 0.6) is 0 Å². The Hall–Kier alpha value is -0.570. The minimum Gasteiger partial charge on any atom is -0.388 e. The van der Waals surface area contributed by atoms with Crippen LogP contribution in [0.1, 0.15) is 26.2 Å². The Kier molecular flexibility index (Phi) is 3.09. The van der Waals surface area contributed by atoms with E-state index in [1.807, 2.05) is 0 Å². The van der Waals surface area contributed by atoms with Crippen molar-refractivity contribution in [1.29, 1.82) is 5.41 Å². The Morgan fingerprint density at radius 2 is 2.25 bits per heavy atom. The number of nitrogens with one attached hydrogen (secondary N) is 1. The van der Waals surface area contributed by atoms with Gasteiger partial charge in [-0.1, -0.05) is 0 Å². The van der Waals surface area contributed by atoms with Crippen molar-refractivity contribution in [2.24, 2.45) is 11.7 Å². The van der Waals surface area contributed by atoms with Crippen LogP contribution in [0.3, 0.4) is 0 Å². The number of hydrogen-bond donors (Lipinski definition) is 2. The molecule has 1 aliphatic rings. The summed E-state index contributed by atoms with van der Waals surface area (Å²) < 4.78 is 0. The van der Waals surface area contributed by atoms with Crippen LogP contribution in [0.25, 0.3) is 0 Å². The highest BCUT2D eigenvalue weighted by atomic mass is 15.1. The van der Waals surface area contributed by atoms with Crippen molar-refractivity contribution in [2.75, 3.05) is 13.6 Å². The van der Waals surface area contributed by atoms with Crippen molar-refractivity contribution >= 4 is 5.84 Å². The van der Waals surface area contributed by atoms with Crippen LogP contribution in [0.4, 0.5) is 0 Å². The van der Waals surface area contributed by atoms with Gasteiger partial charge >= 0.3 is 0 Å². The van der Waals surface area contributed by atoms with Gasteiger partial charge in [0.25, 0.3) is 0 Å². The number of hydrogen-bond acceptors (Lipinski definition) is 2. The summed E-state index contributed by atoms with van der Waals surface area (Å²) in [6, 6.07) is 0.671. The summed E-state index contributed by atoms with van der Waals surface area (Å²) in [5.41, 5.74) is 5.29. The molecule has 3 nitrogen and oxygen atoms in total. The van der Waals surface area contributed by atoms with Gasteiger partial charge in [0.15, 0.2) is 0 Å². The second-order valence-electron chi connectivity index (χ2n) is 3.83. The fourth-order valence-corrected chi connectivity index (χ4v) is 1.44. The molecule has 1 aliphatic carbocycles. The number of nitrogens with zero attached hydrogens (tertiary/aromatic N) is 1. The summed E-state index contributed by atoms with van der Waals surface area (Å²) in [5, 5.41) is 7.10. The number of nitrogens with two attached hydrogens (primary N) is 1. The van der Waals surface area contributed by atoms with Crippen LogP contribution in [0.15, 0.2) is 0 Å².